The predicted molar refractivity (Wildman–Crippen MR) is 64.0 cm³/mol. The second kappa shape index (κ2) is 6.33. The maximum atomic E-state index is 13.3. The summed E-state index contributed by atoms with van der Waals surface area (Å²) >= 11 is 11.1. The van der Waals surface area contributed by atoms with Crippen molar-refractivity contribution in [1.82, 2.24) is 0 Å². The molecule has 0 bridgehead atoms. The number of carbonyl (C=O) groups excluding carboxylic acids is 1. The van der Waals surface area contributed by atoms with Gasteiger partial charge in [-0.2, -0.15) is 0 Å². The van der Waals surface area contributed by atoms with Crippen molar-refractivity contribution in [2.75, 3.05) is 6.61 Å². The number of hydrogen-bond donors (Lipinski definition) is 2. The zero-order valence-electron chi connectivity index (χ0n) is 9.36. The van der Waals surface area contributed by atoms with E-state index in [9.17, 15) is 19.4 Å². The smallest absolute Gasteiger partial charge is 0.338 e. The molecule has 18 heavy (non-hydrogen) atoms. The van der Waals surface area contributed by atoms with Gasteiger partial charge in [0, 0.05) is 0 Å². The van der Waals surface area contributed by atoms with E-state index in [0.717, 1.165) is 6.07 Å². The van der Waals surface area contributed by atoms with Crippen LogP contribution in [0.3, 0.4) is 0 Å². The Morgan fingerprint density at radius 3 is 2.56 bits per heavy atom. The molecule has 1 aromatic rings. The average Bonchev–Trinajstić information content (AvgIpc) is 2.33. The van der Waals surface area contributed by atoms with E-state index in [0.29, 0.717) is 0 Å². The summed E-state index contributed by atoms with van der Waals surface area (Å²) in [4.78, 5) is 11.2. The van der Waals surface area contributed by atoms with Crippen LogP contribution in [0.5, 0.6) is 0 Å². The molecule has 0 amide bonds. The fraction of sp³-hybridized carbons (Fsp3) is 0.364. The van der Waals surface area contributed by atoms with Gasteiger partial charge in [-0.1, -0.05) is 23.2 Å². The minimum atomic E-state index is -1.82. The maximum Gasteiger partial charge on any atom is 0.338 e. The molecular weight excluding hydrogens is 286 g/mol. The summed E-state index contributed by atoms with van der Waals surface area (Å²) < 4.78 is 17.8. The molecule has 4 nitrogen and oxygen atoms in total. The molecule has 0 saturated carbocycles. The van der Waals surface area contributed by atoms with Gasteiger partial charge in [0.2, 0.25) is 0 Å². The van der Waals surface area contributed by atoms with E-state index in [-0.39, 0.29) is 22.2 Å². The van der Waals surface area contributed by atoms with Gasteiger partial charge in [-0.15, -0.1) is 0 Å². The van der Waals surface area contributed by atoms with E-state index in [1.54, 1.807) is 6.92 Å². The Kier molecular flexibility index (Phi) is 5.34. The fourth-order valence-corrected chi connectivity index (χ4v) is 1.61. The Labute approximate surface area is 113 Å². The van der Waals surface area contributed by atoms with E-state index in [4.69, 9.17) is 23.2 Å². The highest BCUT2D eigenvalue weighted by atomic mass is 35.5. The van der Waals surface area contributed by atoms with E-state index in [1.165, 1.54) is 6.07 Å². The first-order valence-corrected chi connectivity index (χ1v) is 5.81. The monoisotopic (exact) mass is 296 g/mol. The molecule has 2 N–H and O–H groups in total. The predicted octanol–water partition coefficient (Wildman–Crippen LogP) is 2.09. The van der Waals surface area contributed by atoms with Crippen LogP contribution in [0.1, 0.15) is 18.6 Å². The normalized spacial score (nSPS) is 14.1. The maximum absolute atomic E-state index is 13.3. The zero-order valence-corrected chi connectivity index (χ0v) is 10.9. The summed E-state index contributed by atoms with van der Waals surface area (Å²) in [5, 5.41) is 18.8. The van der Waals surface area contributed by atoms with Crippen LogP contribution in [0.15, 0.2) is 12.1 Å². The lowest BCUT2D eigenvalue weighted by molar-refractivity contribution is -0.159. The highest BCUT2D eigenvalue weighted by Gasteiger charge is 2.28. The molecule has 0 fully saturated rings. The first-order chi connectivity index (χ1) is 8.38. The summed E-state index contributed by atoms with van der Waals surface area (Å²) in [6, 6.07) is 2.06. The van der Waals surface area contributed by atoms with Crippen LogP contribution in [0.25, 0.3) is 0 Å². The summed E-state index contributed by atoms with van der Waals surface area (Å²) in [6.45, 7) is 1.61. The van der Waals surface area contributed by atoms with Crippen LogP contribution in [-0.4, -0.2) is 28.9 Å². The third-order valence-corrected chi connectivity index (χ3v) is 2.95. The van der Waals surface area contributed by atoms with Gasteiger partial charge in [-0.3, -0.25) is 0 Å². The third-order valence-electron chi connectivity index (χ3n) is 2.17. The van der Waals surface area contributed by atoms with Crippen LogP contribution in [0, 0.1) is 5.82 Å². The van der Waals surface area contributed by atoms with Crippen LogP contribution < -0.4 is 0 Å². The molecule has 0 aromatic heterocycles. The Morgan fingerprint density at radius 1 is 1.44 bits per heavy atom. The van der Waals surface area contributed by atoms with Crippen molar-refractivity contribution < 1.29 is 24.1 Å². The number of rotatable bonds is 4. The van der Waals surface area contributed by atoms with Crippen molar-refractivity contribution in [1.29, 1.82) is 0 Å². The van der Waals surface area contributed by atoms with E-state index >= 15 is 0 Å². The number of ether oxygens (including phenoxy) is 1. The van der Waals surface area contributed by atoms with Gasteiger partial charge in [-0.25, -0.2) is 9.18 Å². The Morgan fingerprint density at radius 2 is 2.06 bits per heavy atom. The fourth-order valence-electron chi connectivity index (χ4n) is 1.28. The van der Waals surface area contributed by atoms with Crippen LogP contribution >= 0.6 is 23.2 Å². The van der Waals surface area contributed by atoms with Crippen molar-refractivity contribution in [3.05, 3.63) is 33.6 Å². The van der Waals surface area contributed by atoms with Gasteiger partial charge in [0.1, 0.15) is 11.9 Å². The van der Waals surface area contributed by atoms with Gasteiger partial charge in [-0.05, 0) is 24.6 Å². The highest BCUT2D eigenvalue weighted by molar-refractivity contribution is 6.42. The Hall–Kier alpha value is -0.880. The topological polar surface area (TPSA) is 66.8 Å². The van der Waals surface area contributed by atoms with Crippen LogP contribution in [-0.2, 0) is 9.53 Å². The summed E-state index contributed by atoms with van der Waals surface area (Å²) in [6.07, 6.45) is -3.46. The number of halogens is 3. The largest absolute Gasteiger partial charge is 0.464 e. The first-order valence-electron chi connectivity index (χ1n) is 5.05. The summed E-state index contributed by atoms with van der Waals surface area (Å²) in [5.41, 5.74) is -0.0672. The molecule has 1 aromatic carbocycles. The molecule has 100 valence electrons. The molecule has 7 heteroatoms. The molecule has 0 saturated heterocycles. The lowest BCUT2D eigenvalue weighted by atomic mass is 10.0. The van der Waals surface area contributed by atoms with E-state index < -0.39 is 24.0 Å². The lowest BCUT2D eigenvalue weighted by Crippen LogP contribution is -2.30. The van der Waals surface area contributed by atoms with Gasteiger partial charge < -0.3 is 14.9 Å². The van der Waals surface area contributed by atoms with Crippen LogP contribution in [0.4, 0.5) is 4.39 Å². The van der Waals surface area contributed by atoms with Gasteiger partial charge >= 0.3 is 5.97 Å². The minimum absolute atomic E-state index is 0.0539. The van der Waals surface area contributed by atoms with Crippen LogP contribution in [0.2, 0.25) is 10.0 Å². The molecule has 0 aliphatic rings. The molecular formula is C11H11Cl2FO4. The molecule has 0 radical (unpaired) electrons. The number of carbonyl (C=O) groups is 1. The third kappa shape index (κ3) is 3.32. The molecule has 2 atom stereocenters. The molecule has 0 aliphatic heterocycles. The number of benzene rings is 1. The Balaban J connectivity index is 2.97. The standard InChI is InChI=1S/C11H11Cl2FO4/c1-2-18-11(17)10(16)9(15)5-3-6(12)8(13)7(14)4-5/h3-4,9-10,15-16H,2H2,1H3. The lowest BCUT2D eigenvalue weighted by Gasteiger charge is -2.17. The number of esters is 1. The van der Waals surface area contributed by atoms with Gasteiger partial charge in [0.25, 0.3) is 0 Å². The molecule has 2 unspecified atom stereocenters. The molecule has 0 heterocycles. The van der Waals surface area contributed by atoms with Crippen molar-refractivity contribution in [2.24, 2.45) is 0 Å². The number of aliphatic hydroxyl groups is 2. The van der Waals surface area contributed by atoms with Crippen molar-refractivity contribution in [2.45, 2.75) is 19.1 Å². The molecule has 0 aliphatic carbocycles. The minimum Gasteiger partial charge on any atom is -0.464 e. The quantitative estimate of drug-likeness (QED) is 0.659. The van der Waals surface area contributed by atoms with Gasteiger partial charge in [0.05, 0.1) is 16.7 Å². The average molecular weight is 297 g/mol. The second-order valence-electron chi connectivity index (χ2n) is 3.44. The SMILES string of the molecule is CCOC(=O)C(O)C(O)c1cc(F)c(Cl)c(Cl)c1. The van der Waals surface area contributed by atoms with Crippen molar-refractivity contribution in [3.63, 3.8) is 0 Å². The Bertz CT molecular complexity index is 430. The molecule has 1 rings (SSSR count). The number of hydrogen-bond acceptors (Lipinski definition) is 4. The van der Waals surface area contributed by atoms with Gasteiger partial charge in [0.15, 0.2) is 6.10 Å². The number of aliphatic hydroxyl groups excluding tert-OH is 2. The first kappa shape index (κ1) is 15.2. The highest BCUT2D eigenvalue weighted by Crippen LogP contribution is 2.30. The molecule has 0 spiro atoms. The van der Waals surface area contributed by atoms with E-state index in [1.807, 2.05) is 0 Å². The van der Waals surface area contributed by atoms with E-state index in [2.05, 4.69) is 4.74 Å². The van der Waals surface area contributed by atoms with Crippen molar-refractivity contribution in [3.8, 4) is 0 Å². The summed E-state index contributed by atoms with van der Waals surface area (Å²) in [7, 11) is 0. The zero-order chi connectivity index (χ0) is 13.9. The van der Waals surface area contributed by atoms with Crippen molar-refractivity contribution >= 4 is 29.2 Å². The second-order valence-corrected chi connectivity index (χ2v) is 4.23. The summed E-state index contributed by atoms with van der Waals surface area (Å²) in [5.74, 6) is -1.86.